The fourth-order valence-electron chi connectivity index (χ4n) is 2.57. The molecule has 0 spiro atoms. The average Bonchev–Trinajstić information content (AvgIpc) is 3.17. The lowest BCUT2D eigenvalue weighted by molar-refractivity contribution is -0.153. The first-order valence-corrected chi connectivity index (χ1v) is 9.26. The van der Waals surface area contributed by atoms with Crippen LogP contribution < -0.4 is 5.32 Å². The number of carbonyl (C=O) groups excluding carboxylic acids is 2. The molecule has 0 aliphatic carbocycles. The fraction of sp³-hybridized carbons (Fsp3) is 0.190. The highest BCUT2D eigenvalue weighted by molar-refractivity contribution is 6.32. The van der Waals surface area contributed by atoms with Crippen LogP contribution >= 0.6 is 11.6 Å². The first-order valence-electron chi connectivity index (χ1n) is 8.88. The lowest BCUT2D eigenvalue weighted by Crippen LogP contribution is -2.30. The van der Waals surface area contributed by atoms with Crippen LogP contribution in [0.2, 0.25) is 5.15 Å². The molecular weight excluding hydrogens is 399 g/mol. The quantitative estimate of drug-likeness (QED) is 0.448. The number of hydrogen-bond acceptors (Lipinski definition) is 5. The van der Waals surface area contributed by atoms with Crippen LogP contribution in [0.3, 0.4) is 0 Å². The normalized spacial score (nSPS) is 11.7. The number of carbonyl (C=O) groups is 2. The Morgan fingerprint density at radius 1 is 1.21 bits per heavy atom. The van der Waals surface area contributed by atoms with Crippen molar-refractivity contribution >= 4 is 29.2 Å². The lowest BCUT2D eigenvalue weighted by atomic mass is 10.1. The van der Waals surface area contributed by atoms with E-state index in [4.69, 9.17) is 20.8 Å². The molecular formula is C21H18ClFN2O4. The molecule has 1 amide bonds. The molecule has 0 saturated carbocycles. The zero-order chi connectivity index (χ0) is 20.8. The number of pyridine rings is 1. The zero-order valence-corrected chi connectivity index (χ0v) is 16.3. The Kier molecular flexibility index (Phi) is 6.61. The lowest BCUT2D eigenvalue weighted by Gasteiger charge is -2.13. The van der Waals surface area contributed by atoms with Crippen molar-refractivity contribution in [3.05, 3.63) is 71.5 Å². The van der Waals surface area contributed by atoms with E-state index in [-0.39, 0.29) is 23.8 Å². The Labute approximate surface area is 171 Å². The van der Waals surface area contributed by atoms with Crippen LogP contribution in [0.5, 0.6) is 0 Å². The second kappa shape index (κ2) is 9.34. The summed E-state index contributed by atoms with van der Waals surface area (Å²) in [6, 6.07) is 12.8. The second-order valence-electron chi connectivity index (χ2n) is 6.21. The first-order chi connectivity index (χ1) is 13.9. The van der Waals surface area contributed by atoms with Crippen LogP contribution in [-0.2, 0) is 20.7 Å². The molecule has 29 heavy (non-hydrogen) atoms. The van der Waals surface area contributed by atoms with Crippen LogP contribution in [0.25, 0.3) is 11.3 Å². The number of esters is 1. The van der Waals surface area contributed by atoms with E-state index in [9.17, 15) is 14.0 Å². The Morgan fingerprint density at radius 3 is 2.76 bits per heavy atom. The highest BCUT2D eigenvalue weighted by atomic mass is 35.5. The van der Waals surface area contributed by atoms with Crippen molar-refractivity contribution in [1.82, 2.24) is 4.98 Å². The molecule has 1 unspecified atom stereocenters. The van der Waals surface area contributed by atoms with Gasteiger partial charge in [-0.15, -0.1) is 0 Å². The third kappa shape index (κ3) is 5.42. The van der Waals surface area contributed by atoms with E-state index < -0.39 is 18.0 Å². The molecule has 0 aliphatic rings. The van der Waals surface area contributed by atoms with E-state index in [1.807, 2.05) is 0 Å². The molecule has 0 radical (unpaired) electrons. The molecule has 1 N–H and O–H groups in total. The number of nitrogens with zero attached hydrogens (tertiary/aromatic N) is 1. The Balaban J connectivity index is 1.50. The molecule has 2 heterocycles. The predicted molar refractivity (Wildman–Crippen MR) is 106 cm³/mol. The Hall–Kier alpha value is -3.19. The maximum Gasteiger partial charge on any atom is 0.307 e. The summed E-state index contributed by atoms with van der Waals surface area (Å²) < 4.78 is 24.6. The SMILES string of the molecule is CC(OC(=O)CCc1ccc(-c2ccccc2F)o1)C(=O)Nc1cccnc1Cl. The van der Waals surface area contributed by atoms with E-state index in [2.05, 4.69) is 10.3 Å². The van der Waals surface area contributed by atoms with Gasteiger partial charge in [0.05, 0.1) is 17.7 Å². The summed E-state index contributed by atoms with van der Waals surface area (Å²) in [6.07, 6.45) is 0.753. The number of rotatable bonds is 7. The van der Waals surface area contributed by atoms with Gasteiger partial charge in [-0.2, -0.15) is 0 Å². The Bertz CT molecular complexity index is 1020. The van der Waals surface area contributed by atoms with Crippen LogP contribution in [-0.4, -0.2) is 23.0 Å². The summed E-state index contributed by atoms with van der Waals surface area (Å²) in [7, 11) is 0. The zero-order valence-electron chi connectivity index (χ0n) is 15.5. The molecule has 3 aromatic rings. The largest absolute Gasteiger partial charge is 0.461 e. The van der Waals surface area contributed by atoms with Gasteiger partial charge in [0.25, 0.3) is 5.91 Å². The minimum atomic E-state index is -1.01. The van der Waals surface area contributed by atoms with Gasteiger partial charge in [-0.3, -0.25) is 9.59 Å². The summed E-state index contributed by atoms with van der Waals surface area (Å²) in [5, 5.41) is 2.69. The van der Waals surface area contributed by atoms with Gasteiger partial charge in [0.2, 0.25) is 0 Å². The van der Waals surface area contributed by atoms with Crippen LogP contribution in [0.1, 0.15) is 19.1 Å². The number of anilines is 1. The molecule has 0 saturated heterocycles. The topological polar surface area (TPSA) is 81.4 Å². The van der Waals surface area contributed by atoms with Crippen molar-refractivity contribution < 1.29 is 23.1 Å². The Morgan fingerprint density at radius 2 is 2.00 bits per heavy atom. The van der Waals surface area contributed by atoms with E-state index in [0.717, 1.165) is 0 Å². The monoisotopic (exact) mass is 416 g/mol. The maximum absolute atomic E-state index is 13.8. The molecule has 0 fully saturated rings. The second-order valence-corrected chi connectivity index (χ2v) is 6.57. The highest BCUT2D eigenvalue weighted by Gasteiger charge is 2.19. The number of aryl methyl sites for hydroxylation is 1. The van der Waals surface area contributed by atoms with Gasteiger partial charge in [-0.05, 0) is 43.3 Å². The van der Waals surface area contributed by atoms with Gasteiger partial charge in [-0.25, -0.2) is 9.37 Å². The smallest absolute Gasteiger partial charge is 0.307 e. The summed E-state index contributed by atoms with van der Waals surface area (Å²) in [4.78, 5) is 28.0. The summed E-state index contributed by atoms with van der Waals surface area (Å²) in [5.41, 5.74) is 0.680. The van der Waals surface area contributed by atoms with Gasteiger partial charge in [0, 0.05) is 12.6 Å². The molecule has 0 aliphatic heterocycles. The minimum Gasteiger partial charge on any atom is -0.461 e. The number of ether oxygens (including phenoxy) is 1. The van der Waals surface area contributed by atoms with Crippen LogP contribution in [0.15, 0.2) is 59.1 Å². The standard InChI is InChI=1S/C21H18ClFN2O4/c1-13(21(27)25-17-7-4-12-24-20(17)22)28-19(26)11-9-14-8-10-18(29-14)15-5-2-3-6-16(15)23/h2-8,10,12-13H,9,11H2,1H3,(H,25,27). The highest BCUT2D eigenvalue weighted by Crippen LogP contribution is 2.25. The van der Waals surface area contributed by atoms with Gasteiger partial charge >= 0.3 is 5.97 Å². The van der Waals surface area contributed by atoms with Gasteiger partial charge in [0.15, 0.2) is 11.3 Å². The van der Waals surface area contributed by atoms with Crippen molar-refractivity contribution in [2.45, 2.75) is 25.9 Å². The molecule has 8 heteroatoms. The van der Waals surface area contributed by atoms with Crippen molar-refractivity contribution in [2.24, 2.45) is 0 Å². The maximum atomic E-state index is 13.8. The number of hydrogen-bond donors (Lipinski definition) is 1. The van der Waals surface area contributed by atoms with Crippen molar-refractivity contribution in [3.8, 4) is 11.3 Å². The van der Waals surface area contributed by atoms with Gasteiger partial charge < -0.3 is 14.5 Å². The van der Waals surface area contributed by atoms with Crippen molar-refractivity contribution in [1.29, 1.82) is 0 Å². The predicted octanol–water partition coefficient (Wildman–Crippen LogP) is 4.64. The van der Waals surface area contributed by atoms with Crippen LogP contribution in [0, 0.1) is 5.82 Å². The summed E-state index contributed by atoms with van der Waals surface area (Å²) in [6.45, 7) is 1.46. The molecule has 3 rings (SSSR count). The molecule has 2 aromatic heterocycles. The number of aromatic nitrogens is 1. The minimum absolute atomic E-state index is 0.00942. The number of amides is 1. The van der Waals surface area contributed by atoms with Gasteiger partial charge in [0.1, 0.15) is 17.3 Å². The molecule has 6 nitrogen and oxygen atoms in total. The number of benzene rings is 1. The summed E-state index contributed by atoms with van der Waals surface area (Å²) >= 11 is 5.88. The van der Waals surface area contributed by atoms with Crippen LogP contribution in [0.4, 0.5) is 10.1 Å². The molecule has 0 bridgehead atoms. The molecule has 150 valence electrons. The van der Waals surface area contributed by atoms with E-state index in [1.54, 1.807) is 42.5 Å². The third-order valence-corrected chi connectivity index (χ3v) is 4.37. The van der Waals surface area contributed by atoms with E-state index >= 15 is 0 Å². The van der Waals surface area contributed by atoms with Gasteiger partial charge in [-0.1, -0.05) is 23.7 Å². The first kappa shape index (κ1) is 20.5. The number of furan rings is 1. The van der Waals surface area contributed by atoms with E-state index in [0.29, 0.717) is 22.8 Å². The average molecular weight is 417 g/mol. The fourth-order valence-corrected chi connectivity index (χ4v) is 2.73. The number of halogens is 2. The summed E-state index contributed by atoms with van der Waals surface area (Å²) in [5.74, 6) is -0.574. The third-order valence-electron chi connectivity index (χ3n) is 4.07. The van der Waals surface area contributed by atoms with Crippen molar-refractivity contribution in [2.75, 3.05) is 5.32 Å². The molecule has 1 aromatic carbocycles. The van der Waals surface area contributed by atoms with E-state index in [1.165, 1.54) is 19.2 Å². The van der Waals surface area contributed by atoms with Crippen molar-refractivity contribution in [3.63, 3.8) is 0 Å². The number of nitrogens with one attached hydrogen (secondary N) is 1. The molecule has 1 atom stereocenters.